The number of hydrogen-bond acceptors (Lipinski definition) is 3. The van der Waals surface area contributed by atoms with Crippen LogP contribution in [0.4, 0.5) is 0 Å². The summed E-state index contributed by atoms with van der Waals surface area (Å²) in [5.74, 6) is 0.960. The van der Waals surface area contributed by atoms with Gasteiger partial charge in [-0.2, -0.15) is 5.10 Å². The SMILES string of the molecule is c1ccc(CNCCCc2ncn[nH]2)cc1. The molecule has 1 heterocycles. The molecule has 0 bridgehead atoms. The topological polar surface area (TPSA) is 53.6 Å². The molecule has 0 saturated heterocycles. The number of aryl methyl sites for hydroxylation is 1. The summed E-state index contributed by atoms with van der Waals surface area (Å²) in [5.41, 5.74) is 1.32. The molecule has 2 aromatic rings. The molecule has 0 aliphatic carbocycles. The summed E-state index contributed by atoms with van der Waals surface area (Å²) in [6.07, 6.45) is 3.57. The van der Waals surface area contributed by atoms with Crippen molar-refractivity contribution in [3.8, 4) is 0 Å². The molecule has 0 aliphatic rings. The van der Waals surface area contributed by atoms with E-state index >= 15 is 0 Å². The molecular weight excluding hydrogens is 200 g/mol. The Morgan fingerprint density at radius 3 is 2.81 bits per heavy atom. The Bertz CT molecular complexity index is 383. The van der Waals surface area contributed by atoms with E-state index in [1.807, 2.05) is 6.07 Å². The van der Waals surface area contributed by atoms with Crippen LogP contribution in [0.15, 0.2) is 36.7 Å². The van der Waals surface area contributed by atoms with Crippen molar-refractivity contribution >= 4 is 0 Å². The highest BCUT2D eigenvalue weighted by Crippen LogP contribution is 1.97. The monoisotopic (exact) mass is 216 g/mol. The highest BCUT2D eigenvalue weighted by molar-refractivity contribution is 5.14. The number of aromatic nitrogens is 3. The van der Waals surface area contributed by atoms with Crippen molar-refractivity contribution in [1.29, 1.82) is 0 Å². The van der Waals surface area contributed by atoms with Gasteiger partial charge >= 0.3 is 0 Å². The smallest absolute Gasteiger partial charge is 0.137 e. The van der Waals surface area contributed by atoms with Crippen molar-refractivity contribution in [2.24, 2.45) is 0 Å². The predicted molar refractivity (Wildman–Crippen MR) is 62.9 cm³/mol. The third kappa shape index (κ3) is 3.47. The molecule has 1 aromatic heterocycles. The van der Waals surface area contributed by atoms with Crippen LogP contribution in [0.2, 0.25) is 0 Å². The number of H-pyrrole nitrogens is 1. The average Bonchev–Trinajstić information content (AvgIpc) is 2.83. The maximum atomic E-state index is 4.08. The van der Waals surface area contributed by atoms with Gasteiger partial charge in [0.1, 0.15) is 12.2 Å². The molecule has 84 valence electrons. The molecule has 0 spiro atoms. The molecule has 2 N–H and O–H groups in total. The van der Waals surface area contributed by atoms with Gasteiger partial charge in [0.15, 0.2) is 0 Å². The maximum Gasteiger partial charge on any atom is 0.137 e. The van der Waals surface area contributed by atoms with Crippen LogP contribution in [-0.4, -0.2) is 21.7 Å². The first-order valence-corrected chi connectivity index (χ1v) is 5.54. The second-order valence-corrected chi connectivity index (χ2v) is 3.70. The summed E-state index contributed by atoms with van der Waals surface area (Å²) in [6.45, 7) is 1.92. The van der Waals surface area contributed by atoms with Crippen molar-refractivity contribution < 1.29 is 0 Å². The van der Waals surface area contributed by atoms with Gasteiger partial charge in [-0.25, -0.2) is 4.98 Å². The molecule has 0 aliphatic heterocycles. The van der Waals surface area contributed by atoms with Gasteiger partial charge in [-0.15, -0.1) is 0 Å². The first kappa shape index (κ1) is 10.8. The Hall–Kier alpha value is -1.68. The molecule has 4 nitrogen and oxygen atoms in total. The van der Waals surface area contributed by atoms with Crippen LogP contribution in [0.25, 0.3) is 0 Å². The molecule has 0 unspecified atom stereocenters. The third-order valence-electron chi connectivity index (χ3n) is 2.40. The maximum absolute atomic E-state index is 4.08. The van der Waals surface area contributed by atoms with E-state index in [-0.39, 0.29) is 0 Å². The Labute approximate surface area is 95.1 Å². The highest BCUT2D eigenvalue weighted by atomic mass is 15.2. The van der Waals surface area contributed by atoms with Crippen LogP contribution in [0.1, 0.15) is 17.8 Å². The van der Waals surface area contributed by atoms with Gasteiger partial charge in [0.25, 0.3) is 0 Å². The zero-order valence-electron chi connectivity index (χ0n) is 9.19. The third-order valence-corrected chi connectivity index (χ3v) is 2.40. The second kappa shape index (κ2) is 6.02. The molecule has 0 fully saturated rings. The van der Waals surface area contributed by atoms with Crippen LogP contribution < -0.4 is 5.32 Å². The fraction of sp³-hybridized carbons (Fsp3) is 0.333. The van der Waals surface area contributed by atoms with E-state index < -0.39 is 0 Å². The minimum absolute atomic E-state index is 0.928. The lowest BCUT2D eigenvalue weighted by atomic mass is 10.2. The lowest BCUT2D eigenvalue weighted by Gasteiger charge is -2.03. The molecule has 4 heteroatoms. The van der Waals surface area contributed by atoms with E-state index in [0.29, 0.717) is 0 Å². The van der Waals surface area contributed by atoms with Gasteiger partial charge in [0.2, 0.25) is 0 Å². The van der Waals surface area contributed by atoms with Crippen LogP contribution in [0, 0.1) is 0 Å². The van der Waals surface area contributed by atoms with Crippen LogP contribution >= 0.6 is 0 Å². The number of benzene rings is 1. The first-order valence-electron chi connectivity index (χ1n) is 5.54. The predicted octanol–water partition coefficient (Wildman–Crippen LogP) is 1.53. The number of nitrogens with one attached hydrogen (secondary N) is 2. The molecule has 2 rings (SSSR count). The van der Waals surface area contributed by atoms with Gasteiger partial charge < -0.3 is 5.32 Å². The van der Waals surface area contributed by atoms with E-state index in [1.165, 1.54) is 5.56 Å². The Morgan fingerprint density at radius 2 is 2.06 bits per heavy atom. The van der Waals surface area contributed by atoms with Gasteiger partial charge in [0.05, 0.1) is 0 Å². The molecule has 0 saturated carbocycles. The number of rotatable bonds is 6. The zero-order valence-corrected chi connectivity index (χ0v) is 9.19. The van der Waals surface area contributed by atoms with E-state index in [9.17, 15) is 0 Å². The summed E-state index contributed by atoms with van der Waals surface area (Å²) in [5, 5.41) is 10.1. The lowest BCUT2D eigenvalue weighted by Crippen LogP contribution is -2.15. The highest BCUT2D eigenvalue weighted by Gasteiger charge is 1.95. The van der Waals surface area contributed by atoms with Crippen LogP contribution in [-0.2, 0) is 13.0 Å². The standard InChI is InChI=1S/C12H16N4/c1-2-5-11(6-3-1)9-13-8-4-7-12-14-10-15-16-12/h1-3,5-6,10,13H,4,7-9H2,(H,14,15,16). The summed E-state index contributed by atoms with van der Waals surface area (Å²) >= 11 is 0. The number of nitrogens with zero attached hydrogens (tertiary/aromatic N) is 2. The second-order valence-electron chi connectivity index (χ2n) is 3.70. The zero-order chi connectivity index (χ0) is 11.1. The Balaban J connectivity index is 1.59. The van der Waals surface area contributed by atoms with Crippen molar-refractivity contribution in [3.05, 3.63) is 48.0 Å². The molecule has 0 radical (unpaired) electrons. The fourth-order valence-corrected chi connectivity index (χ4v) is 1.56. The molecule has 1 aromatic carbocycles. The fourth-order valence-electron chi connectivity index (χ4n) is 1.56. The van der Waals surface area contributed by atoms with Crippen molar-refractivity contribution in [2.45, 2.75) is 19.4 Å². The minimum atomic E-state index is 0.928. The molecule has 0 atom stereocenters. The van der Waals surface area contributed by atoms with Gasteiger partial charge in [-0.1, -0.05) is 30.3 Å². The number of hydrogen-bond donors (Lipinski definition) is 2. The van der Waals surface area contributed by atoms with Crippen molar-refractivity contribution in [3.63, 3.8) is 0 Å². The minimum Gasteiger partial charge on any atom is -0.313 e. The van der Waals surface area contributed by atoms with Crippen LogP contribution in [0.3, 0.4) is 0 Å². The van der Waals surface area contributed by atoms with Crippen molar-refractivity contribution in [1.82, 2.24) is 20.5 Å². The summed E-state index contributed by atoms with van der Waals surface area (Å²) in [6, 6.07) is 10.4. The normalized spacial score (nSPS) is 10.5. The molecular formula is C12H16N4. The Kier molecular flexibility index (Phi) is 4.08. The first-order chi connectivity index (χ1) is 7.95. The van der Waals surface area contributed by atoms with Gasteiger partial charge in [-0.05, 0) is 18.5 Å². The lowest BCUT2D eigenvalue weighted by molar-refractivity contribution is 0.639. The number of aromatic amines is 1. The van der Waals surface area contributed by atoms with Gasteiger partial charge in [0, 0.05) is 13.0 Å². The quantitative estimate of drug-likeness (QED) is 0.720. The summed E-state index contributed by atoms with van der Waals surface area (Å²) in [4.78, 5) is 4.08. The average molecular weight is 216 g/mol. The Morgan fingerprint density at radius 1 is 1.19 bits per heavy atom. The van der Waals surface area contributed by atoms with E-state index in [0.717, 1.165) is 31.8 Å². The van der Waals surface area contributed by atoms with Crippen LogP contribution in [0.5, 0.6) is 0 Å². The van der Waals surface area contributed by atoms with E-state index in [2.05, 4.69) is 44.8 Å². The largest absolute Gasteiger partial charge is 0.313 e. The molecule has 16 heavy (non-hydrogen) atoms. The summed E-state index contributed by atoms with van der Waals surface area (Å²) < 4.78 is 0. The van der Waals surface area contributed by atoms with Crippen molar-refractivity contribution in [2.75, 3.05) is 6.54 Å². The van der Waals surface area contributed by atoms with Gasteiger partial charge in [-0.3, -0.25) is 5.10 Å². The molecule has 0 amide bonds. The van der Waals surface area contributed by atoms with E-state index in [1.54, 1.807) is 6.33 Å². The van der Waals surface area contributed by atoms with E-state index in [4.69, 9.17) is 0 Å². The summed E-state index contributed by atoms with van der Waals surface area (Å²) in [7, 11) is 0.